The number of carboxylic acid groups (broad SMARTS) is 1. The lowest BCUT2D eigenvalue weighted by Crippen LogP contribution is -2.44. The van der Waals surface area contributed by atoms with E-state index in [1.54, 1.807) is 18.9 Å². The third-order valence-electron chi connectivity index (χ3n) is 4.34. The van der Waals surface area contributed by atoms with Crippen molar-refractivity contribution in [1.82, 2.24) is 9.80 Å². The zero-order chi connectivity index (χ0) is 15.3. The van der Waals surface area contributed by atoms with Gasteiger partial charge in [-0.05, 0) is 38.6 Å². The summed E-state index contributed by atoms with van der Waals surface area (Å²) >= 11 is 0. The average Bonchev–Trinajstić information content (AvgIpc) is 2.38. The third-order valence-corrected chi connectivity index (χ3v) is 4.34. The van der Waals surface area contributed by atoms with Crippen LogP contribution in [0.25, 0.3) is 0 Å². The molecule has 116 valence electrons. The first-order valence-electron chi connectivity index (χ1n) is 7.48. The number of nitrogens with zero attached hydrogens (tertiary/aromatic N) is 2. The van der Waals surface area contributed by atoms with Crippen molar-refractivity contribution in [1.29, 1.82) is 0 Å². The lowest BCUT2D eigenvalue weighted by molar-refractivity contribution is -0.142. The number of hydrogen-bond acceptors (Lipinski definition) is 3. The number of likely N-dealkylation sites (N-methyl/N-ethyl adjacent to an activating group) is 2. The number of aliphatic carboxylic acids is 1. The SMILES string of the molecule is CC1CCC(N(C)C(=O)CN(C)CC(C)C(=O)O)CC1. The van der Waals surface area contributed by atoms with Gasteiger partial charge < -0.3 is 10.0 Å². The normalized spacial score (nSPS) is 24.4. The number of hydrogen-bond donors (Lipinski definition) is 1. The molecule has 1 saturated carbocycles. The topological polar surface area (TPSA) is 60.9 Å². The fraction of sp³-hybridized carbons (Fsp3) is 0.867. The van der Waals surface area contributed by atoms with Gasteiger partial charge in [-0.3, -0.25) is 14.5 Å². The Bertz CT molecular complexity index is 338. The maximum Gasteiger partial charge on any atom is 0.307 e. The monoisotopic (exact) mass is 284 g/mol. The van der Waals surface area contributed by atoms with Crippen molar-refractivity contribution in [2.45, 2.75) is 45.6 Å². The molecule has 20 heavy (non-hydrogen) atoms. The van der Waals surface area contributed by atoms with Crippen molar-refractivity contribution in [3.63, 3.8) is 0 Å². The first-order valence-corrected chi connectivity index (χ1v) is 7.48. The van der Waals surface area contributed by atoms with Gasteiger partial charge in [0.25, 0.3) is 0 Å². The highest BCUT2D eigenvalue weighted by Crippen LogP contribution is 2.26. The molecule has 0 aliphatic heterocycles. The Labute approximate surface area is 121 Å². The van der Waals surface area contributed by atoms with Crippen molar-refractivity contribution in [3.8, 4) is 0 Å². The summed E-state index contributed by atoms with van der Waals surface area (Å²) in [6.45, 7) is 4.62. The van der Waals surface area contributed by atoms with E-state index < -0.39 is 11.9 Å². The van der Waals surface area contributed by atoms with Crippen LogP contribution in [-0.4, -0.2) is 60.0 Å². The summed E-state index contributed by atoms with van der Waals surface area (Å²) in [7, 11) is 3.67. The van der Waals surface area contributed by atoms with Crippen LogP contribution in [0.4, 0.5) is 0 Å². The van der Waals surface area contributed by atoms with Gasteiger partial charge in [-0.2, -0.15) is 0 Å². The van der Waals surface area contributed by atoms with E-state index >= 15 is 0 Å². The Kier molecular flexibility index (Phi) is 6.46. The summed E-state index contributed by atoms with van der Waals surface area (Å²) in [5.41, 5.74) is 0. The standard InChI is InChI=1S/C15H28N2O3/c1-11-5-7-13(8-6-11)17(4)14(18)10-16(3)9-12(2)15(19)20/h11-13H,5-10H2,1-4H3,(H,19,20). The van der Waals surface area contributed by atoms with Crippen molar-refractivity contribution in [3.05, 3.63) is 0 Å². The maximum absolute atomic E-state index is 12.2. The molecule has 0 bridgehead atoms. The maximum atomic E-state index is 12.2. The van der Waals surface area contributed by atoms with Crippen LogP contribution in [0.5, 0.6) is 0 Å². The van der Waals surface area contributed by atoms with Crippen molar-refractivity contribution < 1.29 is 14.7 Å². The molecule has 1 rings (SSSR count). The molecule has 0 spiro atoms. The Hall–Kier alpha value is -1.10. The molecule has 1 unspecified atom stereocenters. The molecule has 1 amide bonds. The minimum Gasteiger partial charge on any atom is -0.481 e. The van der Waals surface area contributed by atoms with Gasteiger partial charge in [0.1, 0.15) is 0 Å². The molecule has 1 aliphatic carbocycles. The minimum atomic E-state index is -0.820. The first kappa shape index (κ1) is 17.0. The molecular formula is C15H28N2O3. The summed E-state index contributed by atoms with van der Waals surface area (Å²) in [5.74, 6) is -0.411. The van der Waals surface area contributed by atoms with Crippen LogP contribution in [0.1, 0.15) is 39.5 Å². The molecule has 0 aromatic rings. The van der Waals surface area contributed by atoms with Crippen LogP contribution in [0.2, 0.25) is 0 Å². The van der Waals surface area contributed by atoms with Gasteiger partial charge in [0, 0.05) is 19.6 Å². The van der Waals surface area contributed by atoms with Crippen LogP contribution < -0.4 is 0 Å². The molecule has 1 aliphatic rings. The van der Waals surface area contributed by atoms with Gasteiger partial charge in [0.15, 0.2) is 0 Å². The zero-order valence-corrected chi connectivity index (χ0v) is 13.1. The molecule has 1 atom stereocenters. The summed E-state index contributed by atoms with van der Waals surface area (Å²) in [6, 6.07) is 0.351. The van der Waals surface area contributed by atoms with Crippen LogP contribution in [0, 0.1) is 11.8 Å². The number of carboxylic acids is 1. The van der Waals surface area contributed by atoms with E-state index in [2.05, 4.69) is 6.92 Å². The van der Waals surface area contributed by atoms with Gasteiger partial charge in [-0.25, -0.2) is 0 Å². The molecule has 0 radical (unpaired) electrons. The first-order chi connectivity index (χ1) is 9.31. The van der Waals surface area contributed by atoms with Gasteiger partial charge in [-0.15, -0.1) is 0 Å². The molecular weight excluding hydrogens is 256 g/mol. The van der Waals surface area contributed by atoms with E-state index in [4.69, 9.17) is 5.11 Å². The molecule has 0 aromatic heterocycles. The molecule has 0 aromatic carbocycles. The van der Waals surface area contributed by atoms with E-state index in [-0.39, 0.29) is 5.91 Å². The number of amides is 1. The largest absolute Gasteiger partial charge is 0.481 e. The Morgan fingerprint density at radius 1 is 1.20 bits per heavy atom. The molecule has 0 heterocycles. The lowest BCUT2D eigenvalue weighted by Gasteiger charge is -2.34. The minimum absolute atomic E-state index is 0.0876. The quantitative estimate of drug-likeness (QED) is 0.806. The van der Waals surface area contributed by atoms with Gasteiger partial charge in [0.05, 0.1) is 12.5 Å². The Morgan fingerprint density at radius 2 is 1.75 bits per heavy atom. The highest BCUT2D eigenvalue weighted by atomic mass is 16.4. The van der Waals surface area contributed by atoms with Crippen molar-refractivity contribution in [2.75, 3.05) is 27.2 Å². The second-order valence-corrected chi connectivity index (χ2v) is 6.35. The van der Waals surface area contributed by atoms with Gasteiger partial charge in [0.2, 0.25) is 5.91 Å². The average molecular weight is 284 g/mol. The Morgan fingerprint density at radius 3 is 2.25 bits per heavy atom. The lowest BCUT2D eigenvalue weighted by atomic mass is 9.87. The highest BCUT2D eigenvalue weighted by Gasteiger charge is 2.25. The van der Waals surface area contributed by atoms with Gasteiger partial charge >= 0.3 is 5.97 Å². The predicted octanol–water partition coefficient (Wildman–Crippen LogP) is 1.68. The highest BCUT2D eigenvalue weighted by molar-refractivity contribution is 5.78. The summed E-state index contributed by atoms with van der Waals surface area (Å²) in [4.78, 5) is 26.7. The molecule has 0 saturated heterocycles. The molecule has 5 nitrogen and oxygen atoms in total. The number of carbonyl (C=O) groups is 2. The number of carbonyl (C=O) groups excluding carboxylic acids is 1. The fourth-order valence-corrected chi connectivity index (χ4v) is 2.79. The van der Waals surface area contributed by atoms with E-state index in [0.717, 1.165) is 18.8 Å². The van der Waals surface area contributed by atoms with Crippen LogP contribution in [-0.2, 0) is 9.59 Å². The molecule has 1 N–H and O–H groups in total. The van der Waals surface area contributed by atoms with Crippen LogP contribution in [0.15, 0.2) is 0 Å². The van der Waals surface area contributed by atoms with Crippen molar-refractivity contribution >= 4 is 11.9 Å². The van der Waals surface area contributed by atoms with E-state index in [1.807, 2.05) is 11.9 Å². The molecule has 5 heteroatoms. The Balaban J connectivity index is 2.39. The molecule has 1 fully saturated rings. The fourth-order valence-electron chi connectivity index (χ4n) is 2.79. The van der Waals surface area contributed by atoms with E-state index in [0.29, 0.717) is 19.1 Å². The smallest absolute Gasteiger partial charge is 0.307 e. The predicted molar refractivity (Wildman–Crippen MR) is 78.5 cm³/mol. The van der Waals surface area contributed by atoms with E-state index in [9.17, 15) is 9.59 Å². The number of rotatable bonds is 6. The third kappa shape index (κ3) is 5.12. The van der Waals surface area contributed by atoms with Crippen molar-refractivity contribution in [2.24, 2.45) is 11.8 Å². The van der Waals surface area contributed by atoms with Crippen LogP contribution >= 0.6 is 0 Å². The summed E-state index contributed by atoms with van der Waals surface area (Å²) in [5, 5.41) is 8.88. The summed E-state index contributed by atoms with van der Waals surface area (Å²) < 4.78 is 0. The second-order valence-electron chi connectivity index (χ2n) is 6.35. The van der Waals surface area contributed by atoms with E-state index in [1.165, 1.54) is 12.8 Å². The summed E-state index contributed by atoms with van der Waals surface area (Å²) in [6.07, 6.45) is 4.54. The van der Waals surface area contributed by atoms with Crippen LogP contribution in [0.3, 0.4) is 0 Å². The zero-order valence-electron chi connectivity index (χ0n) is 13.1. The second kappa shape index (κ2) is 7.62. The van der Waals surface area contributed by atoms with Gasteiger partial charge in [-0.1, -0.05) is 13.8 Å².